The zero-order valence-corrected chi connectivity index (χ0v) is 25.5. The van der Waals surface area contributed by atoms with Gasteiger partial charge in [-0.2, -0.15) is 0 Å². The van der Waals surface area contributed by atoms with Gasteiger partial charge in [0.25, 0.3) is 11.6 Å². The van der Waals surface area contributed by atoms with Gasteiger partial charge in [0, 0.05) is 43.9 Å². The highest BCUT2D eigenvalue weighted by molar-refractivity contribution is 8.00. The van der Waals surface area contributed by atoms with Crippen molar-refractivity contribution in [3.63, 3.8) is 0 Å². The van der Waals surface area contributed by atoms with Gasteiger partial charge >= 0.3 is 5.97 Å². The fourth-order valence-electron chi connectivity index (χ4n) is 4.72. The summed E-state index contributed by atoms with van der Waals surface area (Å²) in [4.78, 5) is 38.4. The van der Waals surface area contributed by atoms with E-state index in [1.807, 2.05) is 29.6 Å². The van der Waals surface area contributed by atoms with Crippen LogP contribution in [0.5, 0.6) is 0 Å². The van der Waals surface area contributed by atoms with Crippen molar-refractivity contribution in [1.82, 2.24) is 20.9 Å². The molecule has 2 aliphatic heterocycles. The van der Waals surface area contributed by atoms with Gasteiger partial charge < -0.3 is 30.9 Å². The Labute approximate surface area is 259 Å². The lowest BCUT2D eigenvalue weighted by molar-refractivity contribution is -0.192. The second-order valence-electron chi connectivity index (χ2n) is 9.82. The highest BCUT2D eigenvalue weighted by Gasteiger charge is 2.66. The van der Waals surface area contributed by atoms with Crippen molar-refractivity contribution in [1.29, 1.82) is 0 Å². The van der Waals surface area contributed by atoms with Crippen molar-refractivity contribution < 1.29 is 29.3 Å². The quantitative estimate of drug-likeness (QED) is 0.110. The van der Waals surface area contributed by atoms with Crippen molar-refractivity contribution in [2.24, 2.45) is 0 Å². The number of methoxy groups -OCH3 is 1. The van der Waals surface area contributed by atoms with E-state index in [9.17, 15) is 24.6 Å². The Morgan fingerprint density at radius 2 is 1.58 bits per heavy atom. The minimum atomic E-state index is -1.60. The molecule has 3 aromatic rings. The van der Waals surface area contributed by atoms with Crippen molar-refractivity contribution in [3.8, 4) is 0 Å². The van der Waals surface area contributed by atoms with Crippen LogP contribution in [-0.2, 0) is 38.6 Å². The zero-order valence-electron chi connectivity index (χ0n) is 23.8. The molecule has 0 aliphatic carbocycles. The number of benzene rings is 2. The standard InChI is InChI=1S/C16H20N2.C15H16N2O6S2/c1-3-7-15(8-4-1)13-17-11-12-18-14-16-9-5-2-6-10-16;1-23-15(16-10(19)5-9-3-2-4-24-9)13(22)17-11(12(20)21)8(6-18)7-25-14(15)17/h1-10,17-18H,11-14H2;2-4,14,18H,5-7H2,1H3,(H,16,19)(H,20,21)/t;14-,15-/m.0/s1. The van der Waals surface area contributed by atoms with Gasteiger partial charge in [-0.05, 0) is 28.1 Å². The molecular formula is C31H36N4O6S2. The van der Waals surface area contributed by atoms with Crippen LogP contribution in [0.2, 0.25) is 0 Å². The largest absolute Gasteiger partial charge is 0.477 e. The SMILES string of the molecule is CO[C@@]1(NC(=O)Cc2cccs2)C(=O)N2C(C(=O)O)=C(CO)CS[C@H]21.c1ccc(CNCCNCc2ccccc2)cc1. The van der Waals surface area contributed by atoms with Gasteiger partial charge in [-0.15, -0.1) is 23.1 Å². The third-order valence-electron chi connectivity index (χ3n) is 6.89. The summed E-state index contributed by atoms with van der Waals surface area (Å²) in [6.45, 7) is 3.40. The summed E-state index contributed by atoms with van der Waals surface area (Å²) in [7, 11) is 1.30. The predicted octanol–water partition coefficient (Wildman–Crippen LogP) is 2.56. The number of carbonyl (C=O) groups is 3. The molecule has 0 spiro atoms. The number of amides is 2. The molecule has 0 saturated carbocycles. The summed E-state index contributed by atoms with van der Waals surface area (Å²) in [5.41, 5.74) is 1.09. The number of rotatable bonds is 13. The number of aliphatic hydroxyl groups excluding tert-OH is 1. The number of carbonyl (C=O) groups excluding carboxylic acids is 2. The number of carboxylic acid groups (broad SMARTS) is 1. The van der Waals surface area contributed by atoms with Gasteiger partial charge in [0.05, 0.1) is 13.0 Å². The summed E-state index contributed by atoms with van der Waals surface area (Å²) in [6, 6.07) is 24.6. The van der Waals surface area contributed by atoms with Crippen LogP contribution in [0.3, 0.4) is 0 Å². The van der Waals surface area contributed by atoms with E-state index < -0.39 is 29.6 Å². The molecule has 12 heteroatoms. The minimum Gasteiger partial charge on any atom is -0.477 e. The van der Waals surface area contributed by atoms with E-state index in [1.165, 1.54) is 41.3 Å². The highest BCUT2D eigenvalue weighted by atomic mass is 32.2. The van der Waals surface area contributed by atoms with Gasteiger partial charge in [0.1, 0.15) is 11.1 Å². The Kier molecular flexibility index (Phi) is 11.9. The third kappa shape index (κ3) is 8.11. The number of thiophene rings is 1. The van der Waals surface area contributed by atoms with Gasteiger partial charge in [-0.3, -0.25) is 14.5 Å². The minimum absolute atomic E-state index is 0.108. The van der Waals surface area contributed by atoms with Crippen LogP contribution in [-0.4, -0.2) is 76.6 Å². The van der Waals surface area contributed by atoms with Gasteiger partial charge in [0.15, 0.2) is 0 Å². The number of aliphatic carboxylic acids is 1. The van der Waals surface area contributed by atoms with E-state index in [0.717, 1.165) is 36.0 Å². The van der Waals surface area contributed by atoms with E-state index in [1.54, 1.807) is 0 Å². The number of aliphatic hydroxyl groups is 1. The Bertz CT molecular complexity index is 1340. The third-order valence-corrected chi connectivity index (χ3v) is 9.14. The molecule has 2 atom stereocenters. The highest BCUT2D eigenvalue weighted by Crippen LogP contribution is 2.46. The molecule has 0 bridgehead atoms. The molecule has 3 heterocycles. The van der Waals surface area contributed by atoms with Crippen LogP contribution in [0.25, 0.3) is 0 Å². The van der Waals surface area contributed by atoms with Gasteiger partial charge in [-0.25, -0.2) is 4.79 Å². The maximum absolute atomic E-state index is 12.7. The molecule has 5 N–H and O–H groups in total. The molecule has 0 unspecified atom stereocenters. The summed E-state index contributed by atoms with van der Waals surface area (Å²) < 4.78 is 5.32. The maximum atomic E-state index is 12.7. The first kappa shape index (κ1) is 32.4. The van der Waals surface area contributed by atoms with Gasteiger partial charge in [0.2, 0.25) is 5.91 Å². The maximum Gasteiger partial charge on any atom is 0.352 e. The lowest BCUT2D eigenvalue weighted by Gasteiger charge is -2.55. The molecular weight excluding hydrogens is 588 g/mol. The molecule has 43 heavy (non-hydrogen) atoms. The summed E-state index contributed by atoms with van der Waals surface area (Å²) >= 11 is 2.67. The number of thioether (sulfide) groups is 1. The number of hydrogen-bond donors (Lipinski definition) is 5. The smallest absolute Gasteiger partial charge is 0.352 e. The van der Waals surface area contributed by atoms with Crippen LogP contribution in [0.15, 0.2) is 89.4 Å². The van der Waals surface area contributed by atoms with E-state index in [2.05, 4.69) is 64.5 Å². The summed E-state index contributed by atoms with van der Waals surface area (Å²) in [5, 5.41) is 29.3. The summed E-state index contributed by atoms with van der Waals surface area (Å²) in [5.74, 6) is -2.10. The Hall–Kier alpha value is -3.52. The first-order chi connectivity index (χ1) is 20.9. The van der Waals surface area contributed by atoms with E-state index in [-0.39, 0.29) is 29.4 Å². The van der Waals surface area contributed by atoms with Crippen LogP contribution in [0.1, 0.15) is 16.0 Å². The second kappa shape index (κ2) is 15.8. The molecule has 5 rings (SSSR count). The van der Waals surface area contributed by atoms with E-state index in [0.29, 0.717) is 0 Å². The van der Waals surface area contributed by atoms with Crippen molar-refractivity contribution in [2.75, 3.05) is 32.6 Å². The number of fused-ring (bicyclic) bond motifs is 1. The average Bonchev–Trinajstić information content (AvgIpc) is 3.54. The topological polar surface area (TPSA) is 140 Å². The Morgan fingerprint density at radius 1 is 0.977 bits per heavy atom. The lowest BCUT2D eigenvalue weighted by atomic mass is 9.98. The predicted molar refractivity (Wildman–Crippen MR) is 167 cm³/mol. The second-order valence-corrected chi connectivity index (χ2v) is 11.9. The molecule has 1 fully saturated rings. The Balaban J connectivity index is 0.000000208. The number of carboxylic acids is 1. The molecule has 2 aromatic carbocycles. The number of nitrogens with one attached hydrogen (secondary N) is 3. The van der Waals surface area contributed by atoms with Gasteiger partial charge in [-0.1, -0.05) is 66.7 Å². The number of β-lactam (4-membered cyclic amide) rings is 1. The van der Waals surface area contributed by atoms with Crippen molar-refractivity contribution in [2.45, 2.75) is 30.6 Å². The number of nitrogens with zero attached hydrogens (tertiary/aromatic N) is 1. The molecule has 1 aromatic heterocycles. The van der Waals surface area contributed by atoms with E-state index in [4.69, 9.17) is 4.74 Å². The fourth-order valence-corrected chi connectivity index (χ4v) is 6.85. The van der Waals surface area contributed by atoms with Crippen LogP contribution >= 0.6 is 23.1 Å². The van der Waals surface area contributed by atoms with E-state index >= 15 is 0 Å². The zero-order chi connectivity index (χ0) is 30.7. The molecule has 10 nitrogen and oxygen atoms in total. The molecule has 1 saturated heterocycles. The number of ether oxygens (including phenoxy) is 1. The van der Waals surface area contributed by atoms with Crippen LogP contribution in [0.4, 0.5) is 0 Å². The Morgan fingerprint density at radius 3 is 2.07 bits per heavy atom. The first-order valence-corrected chi connectivity index (χ1v) is 15.7. The number of hydrogen-bond acceptors (Lipinski definition) is 9. The van der Waals surface area contributed by atoms with Crippen molar-refractivity contribution in [3.05, 3.63) is 105 Å². The van der Waals surface area contributed by atoms with Crippen LogP contribution in [0, 0.1) is 0 Å². The van der Waals surface area contributed by atoms with Crippen molar-refractivity contribution >= 4 is 40.9 Å². The summed E-state index contributed by atoms with van der Waals surface area (Å²) in [6.07, 6.45) is 0.108. The monoisotopic (exact) mass is 624 g/mol. The normalized spacial score (nSPS) is 19.2. The molecule has 228 valence electrons. The molecule has 0 radical (unpaired) electrons. The molecule has 2 aliphatic rings. The van der Waals surface area contributed by atoms with Crippen LogP contribution < -0.4 is 16.0 Å². The first-order valence-electron chi connectivity index (χ1n) is 13.8. The molecule has 2 amide bonds. The fraction of sp³-hybridized carbons (Fsp3) is 0.323. The average molecular weight is 625 g/mol. The lowest BCUT2D eigenvalue weighted by Crippen LogP contribution is -2.80.